The first-order valence-electron chi connectivity index (χ1n) is 9.76. The van der Waals surface area contributed by atoms with Crippen LogP contribution in [-0.4, -0.2) is 70.3 Å². The monoisotopic (exact) mass is 647 g/mol. The maximum absolute atomic E-state index is 10.8. The van der Waals surface area contributed by atoms with Crippen LogP contribution in [0.3, 0.4) is 0 Å². The Hall–Kier alpha value is -4.88. The van der Waals surface area contributed by atoms with E-state index in [9.17, 15) is 73.8 Å². The van der Waals surface area contributed by atoms with Gasteiger partial charge in [0.05, 0.1) is 89.3 Å². The fourth-order valence-corrected chi connectivity index (χ4v) is 2.42. The topological polar surface area (TPSA) is 329 Å². The summed E-state index contributed by atoms with van der Waals surface area (Å²) >= 11 is 0. The van der Waals surface area contributed by atoms with Gasteiger partial charge in [0.2, 0.25) is 0 Å². The van der Waals surface area contributed by atoms with Gasteiger partial charge in [-0.05, 0) is 0 Å². The number of aliphatic carboxylic acids is 6. The van der Waals surface area contributed by atoms with Crippen molar-refractivity contribution in [3.05, 3.63) is 35.3 Å². The van der Waals surface area contributed by atoms with Gasteiger partial charge in [0, 0.05) is 18.2 Å². The predicted molar refractivity (Wildman–Crippen MR) is 105 cm³/mol. The zero-order valence-corrected chi connectivity index (χ0v) is 22.2. The van der Waals surface area contributed by atoms with E-state index in [1.165, 1.54) is 0 Å². The van der Waals surface area contributed by atoms with Crippen LogP contribution < -0.4 is 30.6 Å². The van der Waals surface area contributed by atoms with Gasteiger partial charge in [0.1, 0.15) is 0 Å². The van der Waals surface area contributed by atoms with E-state index in [0.29, 0.717) is 0 Å². The number of hydrogen-bond donors (Lipinski definition) is 0. The first-order chi connectivity index (χ1) is 18.0. The SMILES string of the molecule is O=C1C=C(C(=O)[O-])N=C(C(=O)[O-])C1.O=C1C=C(C(=O)[O-])N=C(C(=O)[O-])C1.O=C1C=C(C(=O)[O-])N=C(C(=O)[O-])C1.[Cr+3].[Cr+3]. The number of carbonyl (C=O) groups is 9. The van der Waals surface area contributed by atoms with Gasteiger partial charge in [-0.3, -0.25) is 14.4 Å². The van der Waals surface area contributed by atoms with Crippen LogP contribution in [0.1, 0.15) is 19.3 Å². The standard InChI is InChI=1S/3C7H5NO5.2Cr/c3*9-3-1-4(6(10)11)8-5(2-3)7(12)13;;/h3*1H,2H2,(H,10,11)(H,12,13);;/q;;;2*+3/p-6. The Kier molecular flexibility index (Phi) is 15.8. The van der Waals surface area contributed by atoms with Gasteiger partial charge in [-0.25, -0.2) is 15.0 Å². The molecule has 3 aliphatic rings. The van der Waals surface area contributed by atoms with Crippen LogP contribution in [0.2, 0.25) is 0 Å². The Morgan fingerprint density at radius 1 is 0.439 bits per heavy atom. The molecule has 210 valence electrons. The summed E-state index contributed by atoms with van der Waals surface area (Å²) in [6, 6.07) is 0. The second kappa shape index (κ2) is 16.9. The first kappa shape index (κ1) is 38.3. The number of rotatable bonds is 6. The van der Waals surface area contributed by atoms with E-state index in [4.69, 9.17) is 0 Å². The molecule has 18 nitrogen and oxygen atoms in total. The van der Waals surface area contributed by atoms with Crippen molar-refractivity contribution in [2.75, 3.05) is 0 Å². The van der Waals surface area contributed by atoms with E-state index in [1.807, 2.05) is 0 Å². The molecule has 0 fully saturated rings. The minimum atomic E-state index is -1.69. The summed E-state index contributed by atoms with van der Waals surface area (Å²) in [6.07, 6.45) is 0.836. The minimum absolute atomic E-state index is 0. The van der Waals surface area contributed by atoms with Crippen LogP contribution >= 0.6 is 0 Å². The van der Waals surface area contributed by atoms with E-state index >= 15 is 0 Å². The molecule has 0 aromatic heterocycles. The maximum Gasteiger partial charge on any atom is 3.00 e. The van der Waals surface area contributed by atoms with Gasteiger partial charge >= 0.3 is 34.7 Å². The Balaban J connectivity index is 0. The van der Waals surface area contributed by atoms with Gasteiger partial charge < -0.3 is 59.4 Å². The number of ketones is 3. The molecule has 0 N–H and O–H groups in total. The second-order valence-electron chi connectivity index (χ2n) is 6.92. The van der Waals surface area contributed by atoms with Crippen molar-refractivity contribution < 1.29 is 109 Å². The molecular weight excluding hydrogens is 638 g/mol. The van der Waals surface area contributed by atoms with E-state index in [1.54, 1.807) is 0 Å². The van der Waals surface area contributed by atoms with Gasteiger partial charge in [-0.2, -0.15) is 0 Å². The molecule has 20 heteroatoms. The van der Waals surface area contributed by atoms with Crippen LogP contribution in [-0.2, 0) is 77.9 Å². The fourth-order valence-electron chi connectivity index (χ4n) is 2.42. The van der Waals surface area contributed by atoms with Crippen molar-refractivity contribution in [2.45, 2.75) is 19.3 Å². The second-order valence-corrected chi connectivity index (χ2v) is 6.92. The summed E-state index contributed by atoms with van der Waals surface area (Å²) in [4.78, 5) is 103. The Labute approximate surface area is 248 Å². The average molecular weight is 647 g/mol. The Morgan fingerprint density at radius 2 is 0.634 bits per heavy atom. The molecule has 0 aliphatic carbocycles. The van der Waals surface area contributed by atoms with Crippen LogP contribution in [0, 0.1) is 0 Å². The van der Waals surface area contributed by atoms with Crippen molar-refractivity contribution in [3.63, 3.8) is 0 Å². The number of carboxylic acids is 6. The van der Waals surface area contributed by atoms with E-state index in [2.05, 4.69) is 15.0 Å². The molecular formula is C21H9Cr2N3O15. The zero-order chi connectivity index (χ0) is 30.0. The van der Waals surface area contributed by atoms with Gasteiger partial charge in [0.25, 0.3) is 0 Å². The zero-order valence-electron chi connectivity index (χ0n) is 19.6. The molecule has 0 aromatic rings. The molecule has 41 heavy (non-hydrogen) atoms. The number of nitrogens with zero attached hydrogens (tertiary/aromatic N) is 3. The molecule has 0 atom stereocenters. The molecule has 3 heterocycles. The molecule has 0 aromatic carbocycles. The molecule has 0 bridgehead atoms. The number of aliphatic imine (C=N–C) groups is 3. The summed E-state index contributed by atoms with van der Waals surface area (Å²) in [7, 11) is 0. The normalized spacial score (nSPS) is 15.4. The first-order valence-corrected chi connectivity index (χ1v) is 9.76. The number of carboxylic acid groups (broad SMARTS) is 6. The largest absolute Gasteiger partial charge is 3.00 e. The summed E-state index contributed by atoms with van der Waals surface area (Å²) in [5.41, 5.74) is -3.83. The van der Waals surface area contributed by atoms with Crippen LogP contribution in [0.15, 0.2) is 50.3 Å². The Morgan fingerprint density at radius 3 is 0.780 bits per heavy atom. The molecule has 0 saturated heterocycles. The third kappa shape index (κ3) is 12.7. The van der Waals surface area contributed by atoms with Crippen molar-refractivity contribution in [3.8, 4) is 0 Å². The molecule has 3 aliphatic heterocycles. The van der Waals surface area contributed by atoms with Crippen molar-refractivity contribution in [1.29, 1.82) is 0 Å². The predicted octanol–water partition coefficient (Wildman–Crippen LogP) is -9.65. The Bertz CT molecular complexity index is 1230. The number of allylic oxidation sites excluding steroid dienone is 3. The van der Waals surface area contributed by atoms with Crippen LogP contribution in [0.25, 0.3) is 0 Å². The summed E-state index contributed by atoms with van der Waals surface area (Å²) in [5.74, 6) is -12.0. The van der Waals surface area contributed by atoms with Gasteiger partial charge in [0.15, 0.2) is 17.3 Å². The summed E-state index contributed by atoms with van der Waals surface area (Å²) in [5, 5.41) is 61.3. The molecule has 3 rings (SSSR count). The molecule has 2 radical (unpaired) electrons. The molecule has 0 saturated carbocycles. The van der Waals surface area contributed by atoms with Crippen LogP contribution in [0.5, 0.6) is 0 Å². The smallest absolute Gasteiger partial charge is 0.543 e. The number of hydrogen-bond acceptors (Lipinski definition) is 18. The average Bonchev–Trinajstić information content (AvgIpc) is 2.83. The van der Waals surface area contributed by atoms with Gasteiger partial charge in [-0.1, -0.05) is 0 Å². The molecule has 0 spiro atoms. The van der Waals surface area contributed by atoms with Gasteiger partial charge in [-0.15, -0.1) is 0 Å². The summed E-state index contributed by atoms with van der Waals surface area (Å²) in [6.45, 7) is 0. The van der Waals surface area contributed by atoms with Crippen LogP contribution in [0.4, 0.5) is 0 Å². The third-order valence-corrected chi connectivity index (χ3v) is 4.02. The van der Waals surface area contributed by atoms with E-state index in [0.717, 1.165) is 18.2 Å². The molecule has 0 unspecified atom stereocenters. The molecule has 0 amide bonds. The third-order valence-electron chi connectivity index (χ3n) is 4.02. The number of carbonyl (C=O) groups excluding carboxylic acids is 9. The maximum atomic E-state index is 10.8. The minimum Gasteiger partial charge on any atom is -0.543 e. The van der Waals surface area contributed by atoms with Crippen molar-refractivity contribution in [1.82, 2.24) is 0 Å². The van der Waals surface area contributed by atoms with E-state index < -0.39 is 107 Å². The van der Waals surface area contributed by atoms with Crippen molar-refractivity contribution in [2.24, 2.45) is 15.0 Å². The van der Waals surface area contributed by atoms with E-state index in [-0.39, 0.29) is 34.7 Å². The summed E-state index contributed by atoms with van der Waals surface area (Å²) < 4.78 is 0. The quantitative estimate of drug-likeness (QED) is 0.258. The van der Waals surface area contributed by atoms with Crippen molar-refractivity contribution >= 4 is 70.3 Å². The fraction of sp³-hybridized carbons (Fsp3) is 0.143.